The molecule has 2 aromatic rings. The first-order valence-corrected chi connectivity index (χ1v) is 6.33. The van der Waals surface area contributed by atoms with Crippen LogP contribution in [-0.2, 0) is 6.18 Å². The number of nitrogens with zero attached hydrogens (tertiary/aromatic N) is 1. The van der Waals surface area contributed by atoms with E-state index in [9.17, 15) is 13.2 Å². The predicted octanol–water partition coefficient (Wildman–Crippen LogP) is 4.49. The molecule has 100 valence electrons. The molecule has 1 aromatic heterocycles. The summed E-state index contributed by atoms with van der Waals surface area (Å²) in [6.45, 7) is 0. The van der Waals surface area contributed by atoms with Crippen molar-refractivity contribution in [1.82, 2.24) is 4.98 Å². The number of pyridine rings is 1. The SMILES string of the molecule is Nc1cc(C(F)(F)F)cc(Sc2ccccc2Cl)n1. The fraction of sp³-hybridized carbons (Fsp3) is 0.0833. The topological polar surface area (TPSA) is 38.9 Å². The van der Waals surface area contributed by atoms with Gasteiger partial charge in [0.25, 0.3) is 0 Å². The van der Waals surface area contributed by atoms with Crippen molar-refractivity contribution in [2.24, 2.45) is 0 Å². The lowest BCUT2D eigenvalue weighted by Gasteiger charge is -2.09. The maximum atomic E-state index is 12.6. The van der Waals surface area contributed by atoms with Crippen molar-refractivity contribution in [2.45, 2.75) is 16.1 Å². The van der Waals surface area contributed by atoms with Crippen LogP contribution in [0.25, 0.3) is 0 Å². The minimum absolute atomic E-state index is 0.153. The number of hydrogen-bond acceptors (Lipinski definition) is 3. The van der Waals surface area contributed by atoms with Gasteiger partial charge in [-0.05, 0) is 24.3 Å². The van der Waals surface area contributed by atoms with Crippen molar-refractivity contribution in [3.05, 3.63) is 47.0 Å². The number of rotatable bonds is 2. The molecule has 0 aliphatic rings. The summed E-state index contributed by atoms with van der Waals surface area (Å²) < 4.78 is 37.9. The zero-order valence-electron chi connectivity index (χ0n) is 9.41. The minimum Gasteiger partial charge on any atom is -0.384 e. The molecule has 0 fully saturated rings. The van der Waals surface area contributed by atoms with Gasteiger partial charge in [0, 0.05) is 4.90 Å². The molecule has 0 amide bonds. The lowest BCUT2D eigenvalue weighted by Crippen LogP contribution is -2.07. The zero-order valence-corrected chi connectivity index (χ0v) is 11.0. The van der Waals surface area contributed by atoms with Crippen LogP contribution in [0.1, 0.15) is 5.56 Å². The molecule has 2 nitrogen and oxygen atoms in total. The molecule has 1 heterocycles. The molecule has 0 aliphatic carbocycles. The van der Waals surface area contributed by atoms with Crippen LogP contribution in [0, 0.1) is 0 Å². The number of anilines is 1. The van der Waals surface area contributed by atoms with Gasteiger partial charge in [-0.25, -0.2) is 4.98 Å². The lowest BCUT2D eigenvalue weighted by molar-refractivity contribution is -0.137. The Hall–Kier alpha value is -1.40. The Balaban J connectivity index is 2.36. The summed E-state index contributed by atoms with van der Waals surface area (Å²) in [6, 6.07) is 8.58. The molecule has 0 radical (unpaired) electrons. The predicted molar refractivity (Wildman–Crippen MR) is 69.2 cm³/mol. The highest BCUT2D eigenvalue weighted by Gasteiger charge is 2.31. The number of nitrogen functional groups attached to an aromatic ring is 1. The number of benzene rings is 1. The van der Waals surface area contributed by atoms with E-state index in [0.717, 1.165) is 23.9 Å². The molecule has 19 heavy (non-hydrogen) atoms. The van der Waals surface area contributed by atoms with E-state index in [1.54, 1.807) is 24.3 Å². The van der Waals surface area contributed by atoms with Gasteiger partial charge in [-0.15, -0.1) is 0 Å². The summed E-state index contributed by atoms with van der Waals surface area (Å²) >= 11 is 6.98. The van der Waals surface area contributed by atoms with E-state index < -0.39 is 11.7 Å². The van der Waals surface area contributed by atoms with Crippen molar-refractivity contribution < 1.29 is 13.2 Å². The molecule has 2 N–H and O–H groups in total. The highest BCUT2D eigenvalue weighted by atomic mass is 35.5. The first-order valence-electron chi connectivity index (χ1n) is 5.13. The van der Waals surface area contributed by atoms with Crippen LogP contribution < -0.4 is 5.73 Å². The lowest BCUT2D eigenvalue weighted by atomic mass is 10.2. The minimum atomic E-state index is -4.45. The molecule has 1 aromatic carbocycles. The van der Waals surface area contributed by atoms with Crippen LogP contribution in [-0.4, -0.2) is 4.98 Å². The Bertz CT molecular complexity index is 602. The van der Waals surface area contributed by atoms with Crippen LogP contribution in [0.2, 0.25) is 5.02 Å². The molecule has 0 aliphatic heterocycles. The van der Waals surface area contributed by atoms with Gasteiger partial charge in [0.15, 0.2) is 0 Å². The average Bonchev–Trinajstić information content (AvgIpc) is 2.30. The second-order valence-corrected chi connectivity index (χ2v) is 5.12. The maximum Gasteiger partial charge on any atom is 0.416 e. The normalized spacial score (nSPS) is 11.6. The molecule has 0 atom stereocenters. The first-order chi connectivity index (χ1) is 8.86. The molecule has 0 saturated carbocycles. The van der Waals surface area contributed by atoms with Gasteiger partial charge < -0.3 is 5.73 Å². The standard InChI is InChI=1S/C12H8ClF3N2S/c13-8-3-1-2-4-9(8)19-11-6-7(12(14,15)16)5-10(17)18-11/h1-6H,(H2,17,18). The molecule has 7 heteroatoms. The summed E-state index contributed by atoms with van der Waals surface area (Å²) in [7, 11) is 0. The van der Waals surface area contributed by atoms with Gasteiger partial charge in [0.2, 0.25) is 0 Å². The van der Waals surface area contributed by atoms with Crippen molar-refractivity contribution in [3.8, 4) is 0 Å². The van der Waals surface area contributed by atoms with Crippen LogP contribution in [0.4, 0.5) is 19.0 Å². The van der Waals surface area contributed by atoms with Gasteiger partial charge in [-0.1, -0.05) is 35.5 Å². The molecule has 0 saturated heterocycles. The molecular weight excluding hydrogens is 297 g/mol. The monoisotopic (exact) mass is 304 g/mol. The van der Waals surface area contributed by atoms with E-state index in [2.05, 4.69) is 4.98 Å². The Morgan fingerprint density at radius 3 is 2.47 bits per heavy atom. The fourth-order valence-corrected chi connectivity index (χ4v) is 2.51. The maximum absolute atomic E-state index is 12.6. The number of nitrogens with two attached hydrogens (primary N) is 1. The van der Waals surface area contributed by atoms with Crippen LogP contribution in [0.15, 0.2) is 46.3 Å². The molecule has 0 unspecified atom stereocenters. The second-order valence-electron chi connectivity index (χ2n) is 3.65. The van der Waals surface area contributed by atoms with Crippen molar-refractivity contribution in [2.75, 3.05) is 5.73 Å². The Morgan fingerprint density at radius 2 is 1.84 bits per heavy atom. The molecule has 0 bridgehead atoms. The van der Waals surface area contributed by atoms with Crippen LogP contribution >= 0.6 is 23.4 Å². The summed E-state index contributed by atoms with van der Waals surface area (Å²) in [6.07, 6.45) is -4.45. The van der Waals surface area contributed by atoms with E-state index in [4.69, 9.17) is 17.3 Å². The Morgan fingerprint density at radius 1 is 1.16 bits per heavy atom. The van der Waals surface area contributed by atoms with Crippen molar-refractivity contribution >= 4 is 29.2 Å². The third kappa shape index (κ3) is 3.54. The van der Waals surface area contributed by atoms with Crippen LogP contribution in [0.3, 0.4) is 0 Å². The third-order valence-corrected chi connectivity index (χ3v) is 3.64. The van der Waals surface area contributed by atoms with Crippen LogP contribution in [0.5, 0.6) is 0 Å². The molecule has 0 spiro atoms. The smallest absolute Gasteiger partial charge is 0.384 e. The Kier molecular flexibility index (Phi) is 3.91. The number of halogens is 4. The van der Waals surface area contributed by atoms with Crippen molar-refractivity contribution in [1.29, 1.82) is 0 Å². The highest BCUT2D eigenvalue weighted by Crippen LogP contribution is 2.36. The number of aromatic nitrogens is 1. The second kappa shape index (κ2) is 5.30. The number of hydrogen-bond donors (Lipinski definition) is 1. The van der Waals surface area contributed by atoms with Gasteiger partial charge in [0.05, 0.1) is 10.6 Å². The summed E-state index contributed by atoms with van der Waals surface area (Å²) in [5.74, 6) is -0.177. The molecule has 2 rings (SSSR count). The van der Waals surface area contributed by atoms with Gasteiger partial charge in [0.1, 0.15) is 10.8 Å². The fourth-order valence-electron chi connectivity index (χ4n) is 1.38. The summed E-state index contributed by atoms with van der Waals surface area (Å²) in [5, 5.41) is 0.603. The van der Waals surface area contributed by atoms with Gasteiger partial charge in [-0.2, -0.15) is 13.2 Å². The quantitative estimate of drug-likeness (QED) is 0.888. The van der Waals surface area contributed by atoms with E-state index in [1.165, 1.54) is 0 Å². The van der Waals surface area contributed by atoms with E-state index >= 15 is 0 Å². The Labute approximate surface area is 116 Å². The molecular formula is C12H8ClF3N2S. The van der Waals surface area contributed by atoms with E-state index in [0.29, 0.717) is 9.92 Å². The first kappa shape index (κ1) is 14.0. The number of alkyl halides is 3. The van der Waals surface area contributed by atoms with E-state index in [1.807, 2.05) is 0 Å². The van der Waals surface area contributed by atoms with Gasteiger partial charge in [-0.3, -0.25) is 0 Å². The highest BCUT2D eigenvalue weighted by molar-refractivity contribution is 7.99. The summed E-state index contributed by atoms with van der Waals surface area (Å²) in [4.78, 5) is 4.49. The van der Waals surface area contributed by atoms with Crippen molar-refractivity contribution in [3.63, 3.8) is 0 Å². The largest absolute Gasteiger partial charge is 0.416 e. The zero-order chi connectivity index (χ0) is 14.0. The summed E-state index contributed by atoms with van der Waals surface area (Å²) in [5.41, 5.74) is 4.57. The average molecular weight is 305 g/mol. The van der Waals surface area contributed by atoms with E-state index in [-0.39, 0.29) is 10.8 Å². The van der Waals surface area contributed by atoms with Gasteiger partial charge >= 0.3 is 6.18 Å². The third-order valence-electron chi connectivity index (χ3n) is 2.20.